The second kappa shape index (κ2) is 11.7. The minimum absolute atomic E-state index is 0.0987. The number of rotatable bonds is 8. The lowest BCUT2D eigenvalue weighted by atomic mass is 9.55. The van der Waals surface area contributed by atoms with Gasteiger partial charge in [-0.15, -0.1) is 0 Å². The van der Waals surface area contributed by atoms with E-state index in [9.17, 15) is 14.4 Å². The minimum Gasteiger partial charge on any atom is -0.457 e. The van der Waals surface area contributed by atoms with Gasteiger partial charge in [0.15, 0.2) is 0 Å². The highest BCUT2D eigenvalue weighted by atomic mass is 35.5. The van der Waals surface area contributed by atoms with Gasteiger partial charge in [-0.3, -0.25) is 19.3 Å². The molecule has 3 fully saturated rings. The number of hydrogen-bond donors (Lipinski definition) is 1. The van der Waals surface area contributed by atoms with E-state index in [1.165, 1.54) is 26.7 Å². The summed E-state index contributed by atoms with van der Waals surface area (Å²) in [6.45, 7) is 5.37. The lowest BCUT2D eigenvalue weighted by Gasteiger charge is -2.59. The zero-order valence-electron chi connectivity index (χ0n) is 23.0. The Morgan fingerprint density at radius 3 is 2.50 bits per heavy atom. The molecule has 40 heavy (non-hydrogen) atoms. The molecule has 1 heterocycles. The van der Waals surface area contributed by atoms with Crippen molar-refractivity contribution in [1.29, 1.82) is 0 Å². The summed E-state index contributed by atoms with van der Waals surface area (Å²) in [4.78, 5) is 39.9. The summed E-state index contributed by atoms with van der Waals surface area (Å²) in [5.74, 6) is 0.374. The third kappa shape index (κ3) is 6.32. The zero-order valence-corrected chi connectivity index (χ0v) is 24.5. The average Bonchev–Trinajstić information content (AvgIpc) is 3.70. The fourth-order valence-corrected chi connectivity index (χ4v) is 7.09. The van der Waals surface area contributed by atoms with Crippen LogP contribution in [-0.2, 0) is 31.0 Å². The van der Waals surface area contributed by atoms with Gasteiger partial charge in [0.1, 0.15) is 11.4 Å². The van der Waals surface area contributed by atoms with Crippen LogP contribution in [0.4, 0.5) is 0 Å². The number of carbonyl (C=O) groups excluding carboxylic acids is 3. The molecular weight excluding hydrogens is 551 g/mol. The van der Waals surface area contributed by atoms with Gasteiger partial charge in [-0.25, -0.2) is 0 Å². The highest BCUT2D eigenvalue weighted by Gasteiger charge is 2.61. The molecule has 2 aromatic rings. The fraction of sp³-hybridized carbons (Fsp3) is 0.516. The molecule has 1 aliphatic heterocycles. The van der Waals surface area contributed by atoms with Crippen molar-refractivity contribution in [1.82, 2.24) is 10.2 Å². The number of esters is 2. The van der Waals surface area contributed by atoms with Crippen molar-refractivity contribution in [3.05, 3.63) is 63.6 Å². The molecule has 1 N–H and O–H groups in total. The summed E-state index contributed by atoms with van der Waals surface area (Å²) in [5, 5.41) is 4.11. The number of nitrogens with zero attached hydrogens (tertiary/aromatic N) is 1. The SMILES string of the molecule is CC(=O)Oc1cccc(C23CCN(CC4CC4)CC2(OC(C)=O)CC[C@@H](NC(=O)Cc2ccc(Cl)c(Cl)c2)C3)c1. The van der Waals surface area contributed by atoms with Crippen molar-refractivity contribution in [2.45, 2.75) is 75.9 Å². The second-order valence-electron chi connectivity index (χ2n) is 11.7. The molecule has 0 spiro atoms. The Kier molecular flexibility index (Phi) is 8.46. The van der Waals surface area contributed by atoms with Gasteiger partial charge in [0.05, 0.1) is 16.5 Å². The number of piperidine rings is 1. The molecule has 1 amide bonds. The normalized spacial score (nSPS) is 26.4. The molecular formula is C31H36Cl2N2O5. The maximum atomic E-state index is 13.2. The molecule has 3 aliphatic rings. The third-order valence-electron chi connectivity index (χ3n) is 8.61. The monoisotopic (exact) mass is 586 g/mol. The lowest BCUT2D eigenvalue weighted by Crippen LogP contribution is -2.68. The molecule has 1 saturated heterocycles. The van der Waals surface area contributed by atoms with Crippen LogP contribution in [0.3, 0.4) is 0 Å². The molecule has 214 valence electrons. The molecule has 2 unspecified atom stereocenters. The van der Waals surface area contributed by atoms with Gasteiger partial charge in [-0.2, -0.15) is 0 Å². The maximum Gasteiger partial charge on any atom is 0.308 e. The van der Waals surface area contributed by atoms with Crippen molar-refractivity contribution < 1.29 is 23.9 Å². The Morgan fingerprint density at radius 2 is 1.80 bits per heavy atom. The predicted octanol–water partition coefficient (Wildman–Crippen LogP) is 5.49. The standard InChI is InChI=1S/C31H36Cl2N2O5/c1-20(36)39-26-5-3-4-24(16-26)30-12-13-35(18-22-6-7-22)19-31(30,40-21(2)37)11-10-25(17-30)34-29(38)15-23-8-9-27(32)28(33)14-23/h3-5,8-9,14,16,22,25H,6-7,10-13,15,17-19H2,1-2H3,(H,34,38)/t25-,30?,31?/m1/s1. The first-order valence-electron chi connectivity index (χ1n) is 14.0. The summed E-state index contributed by atoms with van der Waals surface area (Å²) in [5.41, 5.74) is 0.427. The largest absolute Gasteiger partial charge is 0.457 e. The lowest BCUT2D eigenvalue weighted by molar-refractivity contribution is -0.187. The highest BCUT2D eigenvalue weighted by molar-refractivity contribution is 6.42. The molecule has 2 aromatic carbocycles. The molecule has 0 aromatic heterocycles. The van der Waals surface area contributed by atoms with Crippen LogP contribution >= 0.6 is 23.2 Å². The van der Waals surface area contributed by atoms with Crippen molar-refractivity contribution >= 4 is 41.0 Å². The van der Waals surface area contributed by atoms with Crippen molar-refractivity contribution in [2.24, 2.45) is 5.92 Å². The van der Waals surface area contributed by atoms with Crippen LogP contribution in [0.1, 0.15) is 63.5 Å². The van der Waals surface area contributed by atoms with Crippen molar-refractivity contribution in [3.8, 4) is 5.75 Å². The summed E-state index contributed by atoms with van der Waals surface area (Å²) in [7, 11) is 0. The number of fused-ring (bicyclic) bond motifs is 1. The molecule has 0 radical (unpaired) electrons. The Hall–Kier alpha value is -2.61. The molecule has 2 aliphatic carbocycles. The van der Waals surface area contributed by atoms with Crippen molar-refractivity contribution in [3.63, 3.8) is 0 Å². The number of carbonyl (C=O) groups is 3. The van der Waals surface area contributed by atoms with Crippen LogP contribution in [0.15, 0.2) is 42.5 Å². The van der Waals surface area contributed by atoms with Crippen LogP contribution in [0, 0.1) is 5.92 Å². The molecule has 0 bridgehead atoms. The minimum atomic E-state index is -0.758. The van der Waals surface area contributed by atoms with Crippen LogP contribution in [-0.4, -0.2) is 54.0 Å². The zero-order chi connectivity index (χ0) is 28.5. The molecule has 3 atom stereocenters. The van der Waals surface area contributed by atoms with Gasteiger partial charge in [-0.1, -0.05) is 41.4 Å². The topological polar surface area (TPSA) is 84.9 Å². The first kappa shape index (κ1) is 28.9. The summed E-state index contributed by atoms with van der Waals surface area (Å²) >= 11 is 12.2. The maximum absolute atomic E-state index is 13.2. The Bertz CT molecular complexity index is 1300. The van der Waals surface area contributed by atoms with Crippen LogP contribution in [0.25, 0.3) is 0 Å². The van der Waals surface area contributed by atoms with Gasteiger partial charge in [0, 0.05) is 38.4 Å². The number of nitrogens with one attached hydrogen (secondary N) is 1. The highest BCUT2D eigenvalue weighted by Crippen LogP contribution is 2.54. The number of halogens is 2. The van der Waals surface area contributed by atoms with Crippen LogP contribution < -0.4 is 10.1 Å². The smallest absolute Gasteiger partial charge is 0.308 e. The van der Waals surface area contributed by atoms with E-state index in [1.54, 1.807) is 24.3 Å². The fourth-order valence-electron chi connectivity index (χ4n) is 6.77. The number of likely N-dealkylation sites (tertiary alicyclic amines) is 1. The van der Waals surface area contributed by atoms with E-state index in [-0.39, 0.29) is 24.3 Å². The van der Waals surface area contributed by atoms with E-state index < -0.39 is 17.0 Å². The van der Waals surface area contributed by atoms with E-state index in [1.807, 2.05) is 18.2 Å². The number of ether oxygens (including phenoxy) is 2. The number of amides is 1. The molecule has 2 saturated carbocycles. The van der Waals surface area contributed by atoms with E-state index in [4.69, 9.17) is 32.7 Å². The molecule has 7 nitrogen and oxygen atoms in total. The van der Waals surface area contributed by atoms with E-state index >= 15 is 0 Å². The quantitative estimate of drug-likeness (QED) is 0.325. The molecule has 5 rings (SSSR count). The number of hydrogen-bond acceptors (Lipinski definition) is 6. The summed E-state index contributed by atoms with van der Waals surface area (Å²) in [6.07, 6.45) is 5.35. The van der Waals surface area contributed by atoms with Gasteiger partial charge >= 0.3 is 11.9 Å². The van der Waals surface area contributed by atoms with E-state index in [0.29, 0.717) is 47.5 Å². The second-order valence-corrected chi connectivity index (χ2v) is 12.5. The number of benzene rings is 2. The Labute approximate surface area is 245 Å². The first-order chi connectivity index (χ1) is 19.1. The average molecular weight is 588 g/mol. The summed E-state index contributed by atoms with van der Waals surface area (Å²) < 4.78 is 11.8. The van der Waals surface area contributed by atoms with E-state index in [2.05, 4.69) is 10.2 Å². The molecule has 9 heteroatoms. The Morgan fingerprint density at radius 1 is 1.00 bits per heavy atom. The van der Waals surface area contributed by atoms with Crippen LogP contribution in [0.2, 0.25) is 10.0 Å². The van der Waals surface area contributed by atoms with Gasteiger partial charge in [0.2, 0.25) is 5.91 Å². The van der Waals surface area contributed by atoms with Crippen molar-refractivity contribution in [2.75, 3.05) is 19.6 Å². The third-order valence-corrected chi connectivity index (χ3v) is 9.35. The van der Waals surface area contributed by atoms with Crippen LogP contribution in [0.5, 0.6) is 5.75 Å². The van der Waals surface area contributed by atoms with Gasteiger partial charge < -0.3 is 14.8 Å². The van der Waals surface area contributed by atoms with E-state index in [0.717, 1.165) is 30.6 Å². The Balaban J connectivity index is 1.45. The van der Waals surface area contributed by atoms with Gasteiger partial charge in [-0.05, 0) is 86.4 Å². The first-order valence-corrected chi connectivity index (χ1v) is 14.8. The van der Waals surface area contributed by atoms with Gasteiger partial charge in [0.25, 0.3) is 0 Å². The summed E-state index contributed by atoms with van der Waals surface area (Å²) in [6, 6.07) is 12.7. The predicted molar refractivity (Wildman–Crippen MR) is 154 cm³/mol.